The number of hydrogen-bond donors (Lipinski definition) is 2. The van der Waals surface area contributed by atoms with Crippen LogP contribution in [0.5, 0.6) is 0 Å². The number of nitrogens with one attached hydrogen (secondary N) is 2. The number of urea groups is 1. The summed E-state index contributed by atoms with van der Waals surface area (Å²) >= 11 is 0. The molecule has 130 valence electrons. The number of amides is 2. The number of ketones is 1. The highest BCUT2D eigenvalue weighted by atomic mass is 16.5. The van der Waals surface area contributed by atoms with Crippen molar-refractivity contribution in [1.82, 2.24) is 9.78 Å². The number of hydrogen-bond acceptors (Lipinski definition) is 4. The molecule has 2 aliphatic rings. The summed E-state index contributed by atoms with van der Waals surface area (Å²) in [5.41, 5.74) is 2.43. The molecule has 1 aliphatic heterocycles. The molecular formula is C18H20N4O3. The summed E-state index contributed by atoms with van der Waals surface area (Å²) in [6.45, 7) is 1.49. The summed E-state index contributed by atoms with van der Waals surface area (Å²) < 4.78 is 7.24. The van der Waals surface area contributed by atoms with Crippen molar-refractivity contribution in [3.05, 3.63) is 41.6 Å². The number of anilines is 2. The molecule has 0 radical (unpaired) electrons. The minimum absolute atomic E-state index is 0.171. The number of rotatable bonds is 3. The smallest absolute Gasteiger partial charge is 0.324 e. The Hall–Kier alpha value is -2.67. The van der Waals surface area contributed by atoms with Crippen LogP contribution in [0.15, 0.2) is 30.5 Å². The van der Waals surface area contributed by atoms with Gasteiger partial charge in [0, 0.05) is 43.1 Å². The van der Waals surface area contributed by atoms with Crippen LogP contribution in [-0.2, 0) is 11.2 Å². The van der Waals surface area contributed by atoms with E-state index in [9.17, 15) is 9.59 Å². The lowest BCUT2D eigenvalue weighted by atomic mass is 10.1. The second kappa shape index (κ2) is 6.68. The number of fused-ring (bicyclic) bond motifs is 1. The molecule has 2 amide bonds. The van der Waals surface area contributed by atoms with Crippen molar-refractivity contribution >= 4 is 23.3 Å². The van der Waals surface area contributed by atoms with Gasteiger partial charge in [-0.05, 0) is 43.0 Å². The van der Waals surface area contributed by atoms with Gasteiger partial charge in [-0.2, -0.15) is 5.10 Å². The maximum atomic E-state index is 12.2. The van der Waals surface area contributed by atoms with Crippen LogP contribution < -0.4 is 10.6 Å². The normalized spacial score (nSPS) is 17.4. The average molecular weight is 340 g/mol. The summed E-state index contributed by atoms with van der Waals surface area (Å²) in [5.74, 6) is 0.685. The lowest BCUT2D eigenvalue weighted by molar-refractivity contribution is 0.0663. The number of aryl methyl sites for hydroxylation is 1. The van der Waals surface area contributed by atoms with Crippen molar-refractivity contribution in [2.45, 2.75) is 31.7 Å². The SMILES string of the molecule is O=C(Nc1ccc2c(c1)CCC2=O)Nc1ccn(C2CCOCC2)n1. The Kier molecular flexibility index (Phi) is 4.23. The van der Waals surface area contributed by atoms with Crippen LogP contribution in [0.2, 0.25) is 0 Å². The van der Waals surface area contributed by atoms with Crippen molar-refractivity contribution in [3.63, 3.8) is 0 Å². The summed E-state index contributed by atoms with van der Waals surface area (Å²) in [7, 11) is 0. The van der Waals surface area contributed by atoms with Crippen molar-refractivity contribution in [3.8, 4) is 0 Å². The molecule has 2 heterocycles. The lowest BCUT2D eigenvalue weighted by Gasteiger charge is -2.22. The van der Waals surface area contributed by atoms with Gasteiger partial charge in [0.05, 0.1) is 6.04 Å². The largest absolute Gasteiger partial charge is 0.381 e. The maximum Gasteiger partial charge on any atom is 0.324 e. The minimum atomic E-state index is -0.346. The molecule has 1 aromatic heterocycles. The first kappa shape index (κ1) is 15.8. The van der Waals surface area contributed by atoms with Crippen LogP contribution in [0.1, 0.15) is 41.2 Å². The molecule has 1 aliphatic carbocycles. The third kappa shape index (κ3) is 3.41. The third-order valence-electron chi connectivity index (χ3n) is 4.70. The zero-order valence-corrected chi connectivity index (χ0v) is 13.8. The Balaban J connectivity index is 1.38. The monoisotopic (exact) mass is 340 g/mol. The minimum Gasteiger partial charge on any atom is -0.381 e. The van der Waals surface area contributed by atoms with Crippen molar-refractivity contribution in [2.24, 2.45) is 0 Å². The van der Waals surface area contributed by atoms with E-state index in [1.165, 1.54) is 0 Å². The van der Waals surface area contributed by atoms with Gasteiger partial charge < -0.3 is 10.1 Å². The Bertz CT molecular complexity index is 808. The quantitative estimate of drug-likeness (QED) is 0.899. The number of Topliss-reactive ketones (excluding diaryl/α,β-unsaturated/α-hetero) is 1. The number of carbonyl (C=O) groups excluding carboxylic acids is 2. The van der Waals surface area contributed by atoms with E-state index in [0.717, 1.165) is 43.6 Å². The first-order valence-electron chi connectivity index (χ1n) is 8.56. The molecule has 1 saturated heterocycles. The Morgan fingerprint density at radius 3 is 2.84 bits per heavy atom. The lowest BCUT2D eigenvalue weighted by Crippen LogP contribution is -2.22. The molecule has 1 aromatic carbocycles. The number of carbonyl (C=O) groups is 2. The average Bonchev–Trinajstić information content (AvgIpc) is 3.23. The van der Waals surface area contributed by atoms with E-state index in [2.05, 4.69) is 15.7 Å². The van der Waals surface area contributed by atoms with Crippen LogP contribution in [0.3, 0.4) is 0 Å². The number of aromatic nitrogens is 2. The molecule has 2 aromatic rings. The van der Waals surface area contributed by atoms with Crippen molar-refractivity contribution in [2.75, 3.05) is 23.8 Å². The van der Waals surface area contributed by atoms with E-state index < -0.39 is 0 Å². The van der Waals surface area contributed by atoms with Gasteiger partial charge in [-0.1, -0.05) is 0 Å². The first-order valence-corrected chi connectivity index (χ1v) is 8.56. The van der Waals surface area contributed by atoms with Crippen molar-refractivity contribution < 1.29 is 14.3 Å². The van der Waals surface area contributed by atoms with Crippen LogP contribution in [0.4, 0.5) is 16.3 Å². The summed E-state index contributed by atoms with van der Waals surface area (Å²) in [6, 6.07) is 7.15. The highest BCUT2D eigenvalue weighted by Gasteiger charge is 2.20. The fourth-order valence-corrected chi connectivity index (χ4v) is 3.37. The van der Waals surface area contributed by atoms with Crippen LogP contribution >= 0.6 is 0 Å². The fraction of sp³-hybridized carbons (Fsp3) is 0.389. The Labute approximate surface area is 145 Å². The molecule has 2 N–H and O–H groups in total. The highest BCUT2D eigenvalue weighted by Crippen LogP contribution is 2.25. The van der Waals surface area contributed by atoms with E-state index >= 15 is 0 Å². The van der Waals surface area contributed by atoms with Crippen LogP contribution in [0.25, 0.3) is 0 Å². The molecule has 7 nitrogen and oxygen atoms in total. The van der Waals surface area contributed by atoms with E-state index in [1.807, 2.05) is 16.9 Å². The second-order valence-electron chi connectivity index (χ2n) is 6.40. The molecule has 0 spiro atoms. The van der Waals surface area contributed by atoms with Gasteiger partial charge in [-0.3, -0.25) is 14.8 Å². The number of ether oxygens (including phenoxy) is 1. The van der Waals surface area contributed by atoms with Crippen LogP contribution in [-0.4, -0.2) is 34.8 Å². The van der Waals surface area contributed by atoms with Crippen molar-refractivity contribution in [1.29, 1.82) is 0 Å². The summed E-state index contributed by atoms with van der Waals surface area (Å²) in [4.78, 5) is 23.8. The van der Waals surface area contributed by atoms with E-state index in [-0.39, 0.29) is 11.8 Å². The van der Waals surface area contributed by atoms with Gasteiger partial charge >= 0.3 is 6.03 Å². The molecule has 4 rings (SSSR count). The Morgan fingerprint density at radius 1 is 1.16 bits per heavy atom. The van der Waals surface area contributed by atoms with Gasteiger partial charge in [0.15, 0.2) is 11.6 Å². The molecule has 0 bridgehead atoms. The van der Waals surface area contributed by atoms with E-state index in [4.69, 9.17) is 4.74 Å². The summed E-state index contributed by atoms with van der Waals surface area (Å²) in [6.07, 6.45) is 5.03. The third-order valence-corrected chi connectivity index (χ3v) is 4.70. The fourth-order valence-electron chi connectivity index (χ4n) is 3.37. The molecule has 7 heteroatoms. The maximum absolute atomic E-state index is 12.2. The predicted octanol–water partition coefficient (Wildman–Crippen LogP) is 3.01. The Morgan fingerprint density at radius 2 is 2.00 bits per heavy atom. The number of benzene rings is 1. The zero-order chi connectivity index (χ0) is 17.2. The van der Waals surface area contributed by atoms with Gasteiger partial charge in [0.25, 0.3) is 0 Å². The molecular weight excluding hydrogens is 320 g/mol. The second-order valence-corrected chi connectivity index (χ2v) is 6.40. The summed E-state index contributed by atoms with van der Waals surface area (Å²) in [5, 5.41) is 9.97. The molecule has 0 atom stereocenters. The topological polar surface area (TPSA) is 85.2 Å². The number of nitrogens with zero attached hydrogens (tertiary/aromatic N) is 2. The van der Waals surface area contributed by atoms with E-state index in [0.29, 0.717) is 24.0 Å². The van der Waals surface area contributed by atoms with Crippen LogP contribution in [0, 0.1) is 0 Å². The first-order chi connectivity index (χ1) is 12.2. The molecule has 0 saturated carbocycles. The standard InChI is InChI=1S/C18H20N4O3/c23-16-4-1-12-11-13(2-3-15(12)16)19-18(24)20-17-5-8-22(21-17)14-6-9-25-10-7-14/h2-3,5,8,11,14H,1,4,6-7,9-10H2,(H2,19,20,21,24). The molecule has 0 unspecified atom stereocenters. The van der Waals surface area contributed by atoms with Gasteiger partial charge in [-0.15, -0.1) is 0 Å². The van der Waals surface area contributed by atoms with Gasteiger partial charge in [0.2, 0.25) is 0 Å². The van der Waals surface area contributed by atoms with E-state index in [1.54, 1.807) is 18.2 Å². The van der Waals surface area contributed by atoms with Gasteiger partial charge in [-0.25, -0.2) is 4.79 Å². The molecule has 1 fully saturated rings. The predicted molar refractivity (Wildman–Crippen MR) is 93.1 cm³/mol. The van der Waals surface area contributed by atoms with Gasteiger partial charge in [0.1, 0.15) is 0 Å². The zero-order valence-electron chi connectivity index (χ0n) is 13.8. The molecule has 25 heavy (non-hydrogen) atoms. The highest BCUT2D eigenvalue weighted by molar-refractivity contribution is 6.02.